The predicted molar refractivity (Wildman–Crippen MR) is 90.4 cm³/mol. The van der Waals surface area contributed by atoms with Crippen LogP contribution in [-0.4, -0.2) is 11.6 Å². The van der Waals surface area contributed by atoms with Gasteiger partial charge in [-0.1, -0.05) is 47.5 Å². The smallest absolute Gasteiger partial charge is 0.133 e. The molecule has 0 radical (unpaired) electrons. The van der Waals surface area contributed by atoms with E-state index in [1.807, 2.05) is 6.92 Å². The van der Waals surface area contributed by atoms with Crippen LogP contribution >= 0.6 is 0 Å². The van der Waals surface area contributed by atoms with E-state index in [1.54, 1.807) is 6.92 Å². The molecule has 0 amide bonds. The average molecular weight is 296 g/mol. The molecule has 2 heteroatoms. The van der Waals surface area contributed by atoms with Gasteiger partial charge in [0.1, 0.15) is 11.6 Å². The van der Waals surface area contributed by atoms with Crippen LogP contribution in [0.2, 0.25) is 0 Å². The summed E-state index contributed by atoms with van der Waals surface area (Å²) in [5.41, 5.74) is 0.117. The van der Waals surface area contributed by atoms with Gasteiger partial charge >= 0.3 is 0 Å². The van der Waals surface area contributed by atoms with Crippen LogP contribution in [0.4, 0.5) is 0 Å². The van der Waals surface area contributed by atoms with E-state index in [2.05, 4.69) is 27.7 Å². The molecule has 0 saturated carbocycles. The first-order chi connectivity index (χ1) is 9.75. The molecule has 0 fully saturated rings. The van der Waals surface area contributed by atoms with Crippen molar-refractivity contribution < 1.29 is 9.59 Å². The lowest BCUT2D eigenvalue weighted by Crippen LogP contribution is -2.31. The van der Waals surface area contributed by atoms with E-state index in [0.29, 0.717) is 36.9 Å². The Morgan fingerprint density at radius 3 is 2.14 bits per heavy atom. The lowest BCUT2D eigenvalue weighted by Gasteiger charge is -2.39. The topological polar surface area (TPSA) is 34.1 Å². The molecule has 2 atom stereocenters. The maximum Gasteiger partial charge on any atom is 0.133 e. The minimum Gasteiger partial charge on any atom is -0.300 e. The van der Waals surface area contributed by atoms with E-state index in [-0.39, 0.29) is 11.2 Å². The molecular weight excluding hydrogens is 260 g/mol. The summed E-state index contributed by atoms with van der Waals surface area (Å²) < 4.78 is 0. The minimum absolute atomic E-state index is 0.117. The van der Waals surface area contributed by atoms with E-state index >= 15 is 0 Å². The summed E-state index contributed by atoms with van der Waals surface area (Å²) in [6.45, 7) is 12.7. The van der Waals surface area contributed by atoms with Crippen molar-refractivity contribution in [2.45, 2.75) is 92.9 Å². The first-order valence-electron chi connectivity index (χ1n) is 8.76. The second-order valence-corrected chi connectivity index (χ2v) is 7.37. The van der Waals surface area contributed by atoms with Crippen LogP contribution < -0.4 is 0 Å². The maximum atomic E-state index is 12.0. The van der Waals surface area contributed by atoms with Crippen LogP contribution in [0, 0.1) is 17.3 Å². The third-order valence-corrected chi connectivity index (χ3v) is 4.68. The van der Waals surface area contributed by atoms with Gasteiger partial charge < -0.3 is 4.79 Å². The highest BCUT2D eigenvalue weighted by Gasteiger charge is 2.34. The van der Waals surface area contributed by atoms with Crippen LogP contribution in [0.1, 0.15) is 92.9 Å². The van der Waals surface area contributed by atoms with Gasteiger partial charge in [0.25, 0.3) is 0 Å². The number of unbranched alkanes of at least 4 members (excludes halogenated alkanes) is 1. The Hall–Kier alpha value is -0.660. The van der Waals surface area contributed by atoms with Gasteiger partial charge in [0.2, 0.25) is 0 Å². The number of Topliss-reactive ketones (excluding diaryl/α,β-unsaturated/α-hetero) is 2. The van der Waals surface area contributed by atoms with Crippen LogP contribution in [0.3, 0.4) is 0 Å². The van der Waals surface area contributed by atoms with Gasteiger partial charge in [-0.3, -0.25) is 4.79 Å². The molecule has 0 spiro atoms. The summed E-state index contributed by atoms with van der Waals surface area (Å²) in [6.07, 6.45) is 7.54. The molecule has 0 heterocycles. The molecule has 0 rings (SSSR count). The third-order valence-electron chi connectivity index (χ3n) is 4.68. The quantitative estimate of drug-likeness (QED) is 0.440. The minimum atomic E-state index is 0.117. The summed E-state index contributed by atoms with van der Waals surface area (Å²) in [5, 5.41) is 0. The van der Waals surface area contributed by atoms with E-state index < -0.39 is 0 Å². The number of carbonyl (C=O) groups is 2. The van der Waals surface area contributed by atoms with Crippen LogP contribution in [-0.2, 0) is 9.59 Å². The number of hydrogen-bond acceptors (Lipinski definition) is 2. The molecule has 0 aliphatic rings. The SMILES string of the molecule is CCC(=O)CC(C)(CC(C)C)C(CC)CCCCC(C)=O. The molecule has 21 heavy (non-hydrogen) atoms. The van der Waals surface area contributed by atoms with Crippen LogP contribution in [0.25, 0.3) is 0 Å². The Bertz CT molecular complexity index is 320. The molecule has 0 saturated heterocycles. The molecule has 0 aliphatic carbocycles. The van der Waals surface area contributed by atoms with Crippen molar-refractivity contribution in [3.8, 4) is 0 Å². The molecule has 0 N–H and O–H groups in total. The Labute approximate surface area is 132 Å². The third kappa shape index (κ3) is 8.38. The number of carbonyl (C=O) groups excluding carboxylic acids is 2. The summed E-state index contributed by atoms with van der Waals surface area (Å²) in [4.78, 5) is 23.0. The Morgan fingerprint density at radius 2 is 1.71 bits per heavy atom. The first-order valence-corrected chi connectivity index (χ1v) is 8.76. The zero-order valence-corrected chi connectivity index (χ0v) is 15.1. The summed E-state index contributed by atoms with van der Waals surface area (Å²) in [7, 11) is 0. The molecule has 0 aromatic heterocycles. The lowest BCUT2D eigenvalue weighted by atomic mass is 9.66. The van der Waals surface area contributed by atoms with Gasteiger partial charge in [0.05, 0.1) is 0 Å². The normalized spacial score (nSPS) is 15.8. The zero-order chi connectivity index (χ0) is 16.5. The zero-order valence-electron chi connectivity index (χ0n) is 15.1. The lowest BCUT2D eigenvalue weighted by molar-refractivity contribution is -0.122. The number of rotatable bonds is 12. The maximum absolute atomic E-state index is 12.0. The van der Waals surface area contributed by atoms with E-state index in [0.717, 1.165) is 32.1 Å². The highest BCUT2D eigenvalue weighted by Crippen LogP contribution is 2.42. The van der Waals surface area contributed by atoms with Crippen LogP contribution in [0.15, 0.2) is 0 Å². The standard InChI is InChI=1S/C19H36O2/c1-7-17(12-10-9-11-16(5)20)19(6,13-15(3)4)14-18(21)8-2/h15,17H,7-14H2,1-6H3. The number of ketones is 2. The van der Waals surface area contributed by atoms with Gasteiger partial charge in [-0.05, 0) is 43.4 Å². The molecule has 0 aliphatic heterocycles. The Kier molecular flexibility index (Phi) is 9.81. The molecule has 2 nitrogen and oxygen atoms in total. The van der Waals surface area contributed by atoms with Gasteiger partial charge in [-0.2, -0.15) is 0 Å². The number of hydrogen-bond donors (Lipinski definition) is 0. The second kappa shape index (κ2) is 10.1. The van der Waals surface area contributed by atoms with Crippen molar-refractivity contribution in [2.24, 2.45) is 17.3 Å². The molecule has 124 valence electrons. The Morgan fingerprint density at radius 1 is 1.10 bits per heavy atom. The summed E-state index contributed by atoms with van der Waals surface area (Å²) in [6, 6.07) is 0. The Balaban J connectivity index is 4.73. The predicted octanol–water partition coefficient (Wildman–Crippen LogP) is 5.58. The van der Waals surface area contributed by atoms with Crippen molar-refractivity contribution in [1.82, 2.24) is 0 Å². The van der Waals surface area contributed by atoms with Crippen LogP contribution in [0.5, 0.6) is 0 Å². The largest absolute Gasteiger partial charge is 0.300 e. The van der Waals surface area contributed by atoms with Crippen molar-refractivity contribution >= 4 is 11.6 Å². The molecule has 2 unspecified atom stereocenters. The fraction of sp³-hybridized carbons (Fsp3) is 0.895. The van der Waals surface area contributed by atoms with Gasteiger partial charge in [0, 0.05) is 19.3 Å². The van der Waals surface area contributed by atoms with E-state index in [4.69, 9.17) is 0 Å². The molecule has 0 bridgehead atoms. The van der Waals surface area contributed by atoms with E-state index in [9.17, 15) is 9.59 Å². The van der Waals surface area contributed by atoms with Gasteiger partial charge in [-0.15, -0.1) is 0 Å². The van der Waals surface area contributed by atoms with Gasteiger partial charge in [0.15, 0.2) is 0 Å². The first kappa shape index (κ1) is 20.3. The molecular formula is C19H36O2. The average Bonchev–Trinajstić information content (AvgIpc) is 2.36. The van der Waals surface area contributed by atoms with Crippen molar-refractivity contribution in [2.75, 3.05) is 0 Å². The summed E-state index contributed by atoms with van der Waals surface area (Å²) in [5.74, 6) is 1.88. The summed E-state index contributed by atoms with van der Waals surface area (Å²) >= 11 is 0. The molecule has 0 aromatic rings. The highest BCUT2D eigenvalue weighted by molar-refractivity contribution is 5.78. The fourth-order valence-electron chi connectivity index (χ4n) is 3.70. The highest BCUT2D eigenvalue weighted by atomic mass is 16.1. The fourth-order valence-corrected chi connectivity index (χ4v) is 3.70. The molecule has 0 aromatic carbocycles. The second-order valence-electron chi connectivity index (χ2n) is 7.37. The van der Waals surface area contributed by atoms with Crippen molar-refractivity contribution in [3.05, 3.63) is 0 Å². The van der Waals surface area contributed by atoms with Crippen molar-refractivity contribution in [3.63, 3.8) is 0 Å². The van der Waals surface area contributed by atoms with Gasteiger partial charge in [-0.25, -0.2) is 0 Å². The monoisotopic (exact) mass is 296 g/mol. The van der Waals surface area contributed by atoms with E-state index in [1.165, 1.54) is 0 Å². The van der Waals surface area contributed by atoms with Crippen molar-refractivity contribution in [1.29, 1.82) is 0 Å².